The van der Waals surface area contributed by atoms with Gasteiger partial charge in [-0.1, -0.05) is 32.9 Å². The maximum absolute atomic E-state index is 13.2. The van der Waals surface area contributed by atoms with Gasteiger partial charge < -0.3 is 9.64 Å². The normalized spacial score (nSPS) is 25.1. The van der Waals surface area contributed by atoms with Crippen molar-refractivity contribution in [1.82, 2.24) is 9.80 Å². The predicted molar refractivity (Wildman–Crippen MR) is 118 cm³/mol. The second-order valence-corrected chi connectivity index (χ2v) is 10.3. The summed E-state index contributed by atoms with van der Waals surface area (Å²) >= 11 is 1.76. The van der Waals surface area contributed by atoms with Crippen LogP contribution in [0.15, 0.2) is 41.1 Å². The van der Waals surface area contributed by atoms with Crippen LogP contribution >= 0.6 is 11.3 Å². The smallest absolute Gasteiger partial charge is 0.228 e. The molecular weight excluding hydrogens is 380 g/mol. The molecule has 2 saturated heterocycles. The van der Waals surface area contributed by atoms with Gasteiger partial charge in [-0.25, -0.2) is 0 Å². The number of carbonyl (C=O) groups is 1. The van der Waals surface area contributed by atoms with E-state index in [0.717, 1.165) is 38.3 Å². The van der Waals surface area contributed by atoms with Gasteiger partial charge in [0.15, 0.2) is 0 Å². The molecule has 2 aromatic rings. The van der Waals surface area contributed by atoms with Crippen molar-refractivity contribution in [1.29, 1.82) is 0 Å². The molecule has 2 aliphatic rings. The van der Waals surface area contributed by atoms with Gasteiger partial charge in [0.1, 0.15) is 5.75 Å². The van der Waals surface area contributed by atoms with Crippen molar-refractivity contribution in [3.8, 4) is 5.75 Å². The van der Waals surface area contributed by atoms with Crippen molar-refractivity contribution in [2.24, 2.45) is 11.3 Å². The van der Waals surface area contributed by atoms with Crippen molar-refractivity contribution in [2.75, 3.05) is 26.7 Å². The fourth-order valence-electron chi connectivity index (χ4n) is 4.98. The van der Waals surface area contributed by atoms with Crippen LogP contribution in [-0.2, 0) is 11.3 Å². The molecule has 4 rings (SSSR count). The summed E-state index contributed by atoms with van der Waals surface area (Å²) in [6.45, 7) is 9.98. The Morgan fingerprint density at radius 1 is 1.24 bits per heavy atom. The van der Waals surface area contributed by atoms with E-state index >= 15 is 0 Å². The Balaban J connectivity index is 1.54. The Morgan fingerprint density at radius 3 is 2.76 bits per heavy atom. The highest BCUT2D eigenvalue weighted by Gasteiger charge is 2.48. The summed E-state index contributed by atoms with van der Waals surface area (Å²) in [4.78, 5) is 17.9. The lowest BCUT2D eigenvalue weighted by molar-refractivity contribution is -0.141. The zero-order valence-electron chi connectivity index (χ0n) is 17.9. The molecule has 2 fully saturated rings. The lowest BCUT2D eigenvalue weighted by atomic mass is 9.82. The molecule has 4 nitrogen and oxygen atoms in total. The minimum atomic E-state index is -0.328. The number of likely N-dealkylation sites (tertiary alicyclic amines) is 2. The van der Waals surface area contributed by atoms with E-state index in [1.165, 1.54) is 11.1 Å². The number of methoxy groups -OCH3 is 1. The monoisotopic (exact) mass is 412 g/mol. The molecule has 1 aromatic carbocycles. The van der Waals surface area contributed by atoms with Gasteiger partial charge in [0.2, 0.25) is 5.91 Å². The van der Waals surface area contributed by atoms with Crippen LogP contribution in [0.4, 0.5) is 0 Å². The van der Waals surface area contributed by atoms with E-state index in [0.29, 0.717) is 23.8 Å². The molecule has 3 atom stereocenters. The molecule has 156 valence electrons. The molecule has 0 N–H and O–H groups in total. The molecule has 1 aromatic heterocycles. The molecule has 5 heteroatoms. The Hall–Kier alpha value is -1.85. The molecule has 0 saturated carbocycles. The average Bonchev–Trinajstić information content (AvgIpc) is 3.34. The number of ether oxygens (including phenoxy) is 1. The largest absolute Gasteiger partial charge is 0.497 e. The first-order valence-corrected chi connectivity index (χ1v) is 11.5. The number of benzene rings is 1. The molecule has 29 heavy (non-hydrogen) atoms. The Morgan fingerprint density at radius 2 is 2.07 bits per heavy atom. The number of amides is 1. The third-order valence-electron chi connectivity index (χ3n) is 6.43. The van der Waals surface area contributed by atoms with Crippen molar-refractivity contribution in [3.63, 3.8) is 0 Å². The van der Waals surface area contributed by atoms with E-state index in [4.69, 9.17) is 4.74 Å². The topological polar surface area (TPSA) is 32.8 Å². The van der Waals surface area contributed by atoms with Gasteiger partial charge in [0.05, 0.1) is 7.11 Å². The first-order chi connectivity index (χ1) is 13.9. The molecule has 0 bridgehead atoms. The standard InChI is InChI=1S/C24H32N2O2S/c1-24(2,3)23(27)26-15-20(18-9-11-29-16-18)21-14-25(10-8-22(21)26)13-17-6-5-7-19(12-17)28-4/h5-7,9,11-12,16,20-22H,8,10,13-15H2,1-4H3/t20-,21-,22-/m1/s1. The maximum Gasteiger partial charge on any atom is 0.228 e. The molecule has 0 aliphatic carbocycles. The van der Waals surface area contributed by atoms with E-state index < -0.39 is 0 Å². The summed E-state index contributed by atoms with van der Waals surface area (Å²) in [5, 5.41) is 4.43. The quantitative estimate of drug-likeness (QED) is 0.735. The van der Waals surface area contributed by atoms with Crippen molar-refractivity contribution in [3.05, 3.63) is 52.2 Å². The summed E-state index contributed by atoms with van der Waals surface area (Å²) in [7, 11) is 1.72. The van der Waals surface area contributed by atoms with Crippen molar-refractivity contribution in [2.45, 2.75) is 45.7 Å². The minimum absolute atomic E-state index is 0.298. The van der Waals surface area contributed by atoms with Crippen LogP contribution in [0.25, 0.3) is 0 Å². The van der Waals surface area contributed by atoms with Crippen LogP contribution in [-0.4, -0.2) is 48.5 Å². The number of fused-ring (bicyclic) bond motifs is 1. The fourth-order valence-corrected chi connectivity index (χ4v) is 5.71. The summed E-state index contributed by atoms with van der Waals surface area (Å²) in [6, 6.07) is 11.0. The summed E-state index contributed by atoms with van der Waals surface area (Å²) in [5.41, 5.74) is 2.36. The number of carbonyl (C=O) groups excluding carboxylic acids is 1. The highest BCUT2D eigenvalue weighted by molar-refractivity contribution is 7.08. The van der Waals surface area contributed by atoms with Crippen LogP contribution in [0.2, 0.25) is 0 Å². The van der Waals surface area contributed by atoms with Gasteiger partial charge >= 0.3 is 0 Å². The fraction of sp³-hybridized carbons (Fsp3) is 0.542. The van der Waals surface area contributed by atoms with Gasteiger partial charge in [0, 0.05) is 49.5 Å². The van der Waals surface area contributed by atoms with Gasteiger partial charge in [-0.3, -0.25) is 9.69 Å². The highest BCUT2D eigenvalue weighted by atomic mass is 32.1. The second kappa shape index (κ2) is 8.11. The summed E-state index contributed by atoms with van der Waals surface area (Å²) in [5.74, 6) is 2.14. The van der Waals surface area contributed by atoms with E-state index in [1.807, 2.05) is 26.8 Å². The number of thiophene rings is 1. The average molecular weight is 413 g/mol. The predicted octanol–water partition coefficient (Wildman–Crippen LogP) is 4.62. The molecule has 0 spiro atoms. The molecule has 1 amide bonds. The number of hydrogen-bond donors (Lipinski definition) is 0. The molecule has 2 aliphatic heterocycles. The van der Waals surface area contributed by atoms with Crippen LogP contribution in [0.1, 0.15) is 44.2 Å². The van der Waals surface area contributed by atoms with Gasteiger partial charge in [-0.2, -0.15) is 11.3 Å². The zero-order valence-corrected chi connectivity index (χ0v) is 18.7. The molecule has 3 heterocycles. The van der Waals surface area contributed by atoms with Gasteiger partial charge in [0.25, 0.3) is 0 Å². The zero-order chi connectivity index (χ0) is 20.6. The van der Waals surface area contributed by atoms with E-state index in [2.05, 4.69) is 44.8 Å². The third-order valence-corrected chi connectivity index (χ3v) is 7.13. The molecule has 0 unspecified atom stereocenters. The Kier molecular flexibility index (Phi) is 5.71. The van der Waals surface area contributed by atoms with E-state index in [9.17, 15) is 4.79 Å². The first-order valence-electron chi connectivity index (χ1n) is 10.6. The van der Waals surface area contributed by atoms with Crippen LogP contribution in [0.3, 0.4) is 0 Å². The molecular formula is C24H32N2O2S. The summed E-state index contributed by atoms with van der Waals surface area (Å²) < 4.78 is 5.39. The van der Waals surface area contributed by atoms with E-state index in [-0.39, 0.29) is 5.41 Å². The lowest BCUT2D eigenvalue weighted by Gasteiger charge is -2.40. The first kappa shape index (κ1) is 20.4. The second-order valence-electron chi connectivity index (χ2n) is 9.48. The highest BCUT2D eigenvalue weighted by Crippen LogP contribution is 2.43. The van der Waals surface area contributed by atoms with Gasteiger partial charge in [-0.15, -0.1) is 0 Å². The lowest BCUT2D eigenvalue weighted by Crippen LogP contribution is -2.49. The van der Waals surface area contributed by atoms with Crippen molar-refractivity contribution >= 4 is 17.2 Å². The van der Waals surface area contributed by atoms with Gasteiger partial charge in [-0.05, 0) is 46.5 Å². The molecule has 0 radical (unpaired) electrons. The number of nitrogens with zero attached hydrogens (tertiary/aromatic N) is 2. The number of hydrogen-bond acceptors (Lipinski definition) is 4. The van der Waals surface area contributed by atoms with Crippen LogP contribution in [0, 0.1) is 11.3 Å². The number of rotatable bonds is 4. The number of piperidine rings is 1. The van der Waals surface area contributed by atoms with Crippen LogP contribution in [0.5, 0.6) is 5.75 Å². The Bertz CT molecular complexity index is 843. The third kappa shape index (κ3) is 4.22. The minimum Gasteiger partial charge on any atom is -0.497 e. The Labute approximate surface area is 178 Å². The van der Waals surface area contributed by atoms with Crippen LogP contribution < -0.4 is 4.74 Å². The summed E-state index contributed by atoms with van der Waals surface area (Å²) in [6.07, 6.45) is 1.05. The van der Waals surface area contributed by atoms with E-state index in [1.54, 1.807) is 18.4 Å². The maximum atomic E-state index is 13.2. The SMILES string of the molecule is COc1cccc(CN2CC[C@@H]3[C@H](C2)[C@@H](c2ccsc2)CN3C(=O)C(C)(C)C)c1. The van der Waals surface area contributed by atoms with Crippen molar-refractivity contribution < 1.29 is 9.53 Å².